The lowest BCUT2D eigenvalue weighted by molar-refractivity contribution is -0.143. The molecule has 1 aromatic rings. The smallest absolute Gasteiger partial charge is 0.329 e. The predicted molar refractivity (Wildman–Crippen MR) is 102 cm³/mol. The number of ether oxygens (including phenoxy) is 3. The van der Waals surface area contributed by atoms with Gasteiger partial charge in [0.2, 0.25) is 0 Å². The highest BCUT2D eigenvalue weighted by Gasteiger charge is 2.35. The average Bonchev–Trinajstić information content (AvgIpc) is 2.87. The van der Waals surface area contributed by atoms with E-state index in [1.54, 1.807) is 18.2 Å². The van der Waals surface area contributed by atoms with Crippen molar-refractivity contribution in [1.29, 1.82) is 0 Å². The molecule has 9 heteroatoms. The van der Waals surface area contributed by atoms with Crippen LogP contribution in [0.4, 0.5) is 4.79 Å². The van der Waals surface area contributed by atoms with E-state index in [4.69, 9.17) is 9.47 Å². The Balaban J connectivity index is 2.30. The number of urea groups is 1. The standard InChI is InChI=1S/C17H17IN2O6/c1-4-5-26-15-11(18)6-10(8-13(15)24-2)7-12-16(22)20(17(23)19-12)9-14(21)25-3/h4,6-8H,1,5,9H2,2-3H3,(H,19,23). The highest BCUT2D eigenvalue weighted by atomic mass is 127. The third-order valence-electron chi connectivity index (χ3n) is 3.39. The summed E-state index contributed by atoms with van der Waals surface area (Å²) in [5, 5.41) is 2.44. The molecule has 0 aliphatic carbocycles. The monoisotopic (exact) mass is 472 g/mol. The summed E-state index contributed by atoms with van der Waals surface area (Å²) in [5.41, 5.74) is 0.678. The summed E-state index contributed by atoms with van der Waals surface area (Å²) in [5.74, 6) is -0.255. The summed E-state index contributed by atoms with van der Waals surface area (Å²) in [6, 6.07) is 2.77. The number of amides is 3. The first-order valence-electron chi connectivity index (χ1n) is 7.43. The van der Waals surface area contributed by atoms with Crippen molar-refractivity contribution in [2.45, 2.75) is 0 Å². The number of nitrogens with zero attached hydrogens (tertiary/aromatic N) is 1. The second kappa shape index (κ2) is 8.70. The van der Waals surface area contributed by atoms with Gasteiger partial charge in [-0.25, -0.2) is 9.69 Å². The first-order chi connectivity index (χ1) is 12.4. The molecule has 1 aromatic carbocycles. The van der Waals surface area contributed by atoms with Gasteiger partial charge in [0, 0.05) is 0 Å². The molecule has 1 fully saturated rings. The molecule has 8 nitrogen and oxygen atoms in total. The van der Waals surface area contributed by atoms with Gasteiger partial charge in [0.05, 0.1) is 17.8 Å². The summed E-state index contributed by atoms with van der Waals surface area (Å²) >= 11 is 2.08. The van der Waals surface area contributed by atoms with Crippen molar-refractivity contribution >= 4 is 46.6 Å². The fraction of sp³-hybridized carbons (Fsp3) is 0.235. The molecule has 1 saturated heterocycles. The van der Waals surface area contributed by atoms with E-state index in [9.17, 15) is 14.4 Å². The van der Waals surface area contributed by atoms with E-state index in [-0.39, 0.29) is 5.70 Å². The third-order valence-corrected chi connectivity index (χ3v) is 4.19. The predicted octanol–water partition coefficient (Wildman–Crippen LogP) is 1.93. The Morgan fingerprint density at radius 2 is 2.08 bits per heavy atom. The van der Waals surface area contributed by atoms with Gasteiger partial charge >= 0.3 is 12.0 Å². The molecule has 0 unspecified atom stereocenters. The molecule has 0 saturated carbocycles. The molecule has 3 amide bonds. The summed E-state index contributed by atoms with van der Waals surface area (Å²) in [4.78, 5) is 36.3. The number of hydrogen-bond acceptors (Lipinski definition) is 6. The molecule has 138 valence electrons. The van der Waals surface area contributed by atoms with Crippen LogP contribution in [0.1, 0.15) is 5.56 Å². The van der Waals surface area contributed by atoms with Gasteiger partial charge in [0.25, 0.3) is 5.91 Å². The summed E-state index contributed by atoms with van der Waals surface area (Å²) in [6.07, 6.45) is 3.12. The molecular formula is C17H17IN2O6. The number of carbonyl (C=O) groups excluding carboxylic acids is 3. The topological polar surface area (TPSA) is 94.2 Å². The number of esters is 1. The number of carbonyl (C=O) groups is 3. The molecule has 1 aliphatic rings. The minimum atomic E-state index is -0.685. The molecule has 0 radical (unpaired) electrons. The van der Waals surface area contributed by atoms with Crippen molar-refractivity contribution in [3.63, 3.8) is 0 Å². The van der Waals surface area contributed by atoms with Crippen LogP contribution in [0.2, 0.25) is 0 Å². The maximum absolute atomic E-state index is 12.3. The largest absolute Gasteiger partial charge is 0.493 e. The second-order valence-electron chi connectivity index (χ2n) is 5.09. The van der Waals surface area contributed by atoms with Crippen LogP contribution in [-0.4, -0.2) is 50.2 Å². The maximum Gasteiger partial charge on any atom is 0.329 e. The van der Waals surface area contributed by atoms with Gasteiger partial charge in [-0.1, -0.05) is 12.7 Å². The molecule has 1 N–H and O–H groups in total. The van der Waals surface area contributed by atoms with Gasteiger partial charge in [-0.05, 0) is 46.4 Å². The van der Waals surface area contributed by atoms with E-state index in [0.717, 1.165) is 8.47 Å². The van der Waals surface area contributed by atoms with E-state index >= 15 is 0 Å². The Morgan fingerprint density at radius 1 is 1.35 bits per heavy atom. The van der Waals surface area contributed by atoms with Crippen LogP contribution in [0.3, 0.4) is 0 Å². The van der Waals surface area contributed by atoms with Crippen LogP contribution >= 0.6 is 22.6 Å². The Labute approximate surface area is 163 Å². The van der Waals surface area contributed by atoms with Crippen molar-refractivity contribution in [2.24, 2.45) is 0 Å². The number of methoxy groups -OCH3 is 2. The molecule has 26 heavy (non-hydrogen) atoms. The SMILES string of the molecule is C=CCOc1c(I)cc(C=C2NC(=O)N(CC(=O)OC)C2=O)cc1OC. The number of hydrogen-bond donors (Lipinski definition) is 1. The van der Waals surface area contributed by atoms with Crippen LogP contribution in [0.25, 0.3) is 6.08 Å². The van der Waals surface area contributed by atoms with Crippen molar-refractivity contribution in [3.8, 4) is 11.5 Å². The van der Waals surface area contributed by atoms with E-state index in [2.05, 4.69) is 39.2 Å². The fourth-order valence-electron chi connectivity index (χ4n) is 2.18. The first-order valence-corrected chi connectivity index (χ1v) is 8.51. The van der Waals surface area contributed by atoms with Crippen molar-refractivity contribution in [3.05, 3.63) is 39.6 Å². The Hall–Kier alpha value is -2.56. The second-order valence-corrected chi connectivity index (χ2v) is 6.25. The normalized spacial score (nSPS) is 15.0. The van der Waals surface area contributed by atoms with Gasteiger partial charge in [0.1, 0.15) is 18.8 Å². The Bertz CT molecular complexity index is 790. The molecule has 0 atom stereocenters. The van der Waals surface area contributed by atoms with Crippen LogP contribution in [-0.2, 0) is 14.3 Å². The quantitative estimate of drug-likeness (QED) is 0.214. The zero-order chi connectivity index (χ0) is 19.3. The summed E-state index contributed by atoms with van der Waals surface area (Å²) < 4.78 is 16.1. The molecular weight excluding hydrogens is 455 g/mol. The van der Waals surface area contributed by atoms with Gasteiger partial charge in [-0.15, -0.1) is 0 Å². The zero-order valence-corrected chi connectivity index (χ0v) is 16.4. The van der Waals surface area contributed by atoms with E-state index < -0.39 is 24.5 Å². The third kappa shape index (κ3) is 4.34. The van der Waals surface area contributed by atoms with E-state index in [0.29, 0.717) is 23.7 Å². The number of rotatable bonds is 7. The highest BCUT2D eigenvalue weighted by Crippen LogP contribution is 2.34. The lowest BCUT2D eigenvalue weighted by Gasteiger charge is -2.12. The number of nitrogens with one attached hydrogen (secondary N) is 1. The molecule has 2 rings (SSSR count). The maximum atomic E-state index is 12.3. The number of imide groups is 1. The van der Waals surface area contributed by atoms with Gasteiger partial charge in [-0.2, -0.15) is 0 Å². The number of halogens is 1. The average molecular weight is 472 g/mol. The Kier molecular flexibility index (Phi) is 6.61. The van der Waals surface area contributed by atoms with E-state index in [1.165, 1.54) is 20.3 Å². The highest BCUT2D eigenvalue weighted by molar-refractivity contribution is 14.1. The van der Waals surface area contributed by atoms with Crippen molar-refractivity contribution < 1.29 is 28.6 Å². The first kappa shape index (κ1) is 19.8. The summed E-state index contributed by atoms with van der Waals surface area (Å²) in [6.45, 7) is 3.48. The molecule has 0 bridgehead atoms. The molecule has 1 aliphatic heterocycles. The van der Waals surface area contributed by atoms with Gasteiger partial charge in [-0.3, -0.25) is 9.59 Å². The zero-order valence-electron chi connectivity index (χ0n) is 14.2. The van der Waals surface area contributed by atoms with E-state index in [1.807, 2.05) is 0 Å². The lowest BCUT2D eigenvalue weighted by Crippen LogP contribution is -2.36. The van der Waals surface area contributed by atoms with Crippen LogP contribution in [0.5, 0.6) is 11.5 Å². The Morgan fingerprint density at radius 3 is 2.69 bits per heavy atom. The van der Waals surface area contributed by atoms with Crippen molar-refractivity contribution in [1.82, 2.24) is 10.2 Å². The van der Waals surface area contributed by atoms with Gasteiger partial charge < -0.3 is 19.5 Å². The molecule has 0 spiro atoms. The van der Waals surface area contributed by atoms with Gasteiger partial charge in [0.15, 0.2) is 11.5 Å². The fourth-order valence-corrected chi connectivity index (χ4v) is 2.96. The number of benzene rings is 1. The summed E-state index contributed by atoms with van der Waals surface area (Å²) in [7, 11) is 2.69. The van der Waals surface area contributed by atoms with Crippen LogP contribution in [0, 0.1) is 3.57 Å². The minimum Gasteiger partial charge on any atom is -0.493 e. The molecule has 0 aromatic heterocycles. The molecule has 1 heterocycles. The lowest BCUT2D eigenvalue weighted by atomic mass is 10.1. The van der Waals surface area contributed by atoms with Crippen LogP contribution < -0.4 is 14.8 Å². The van der Waals surface area contributed by atoms with Crippen LogP contribution in [0.15, 0.2) is 30.5 Å². The minimum absolute atomic E-state index is 0.0523. The van der Waals surface area contributed by atoms with Crippen molar-refractivity contribution in [2.75, 3.05) is 27.4 Å².